The number of hydrogen-bond donors (Lipinski definition) is 1. The molecule has 0 saturated heterocycles. The molecule has 0 spiro atoms. The van der Waals surface area contributed by atoms with Crippen LogP contribution < -0.4 is 5.56 Å². The molecule has 0 saturated carbocycles. The van der Waals surface area contributed by atoms with Crippen molar-refractivity contribution < 1.29 is 4.39 Å². The van der Waals surface area contributed by atoms with Crippen LogP contribution >= 0.6 is 0 Å². The first-order valence-electron chi connectivity index (χ1n) is 4.83. The van der Waals surface area contributed by atoms with Gasteiger partial charge in [0.2, 0.25) is 0 Å². The number of nitrogens with zero attached hydrogens (tertiary/aromatic N) is 2. The average molecular weight is 217 g/mol. The molecule has 4 nitrogen and oxygen atoms in total. The number of H-pyrrole nitrogens is 1. The zero-order chi connectivity index (χ0) is 11.3. The molecule has 0 aliphatic heterocycles. The smallest absolute Gasteiger partial charge is 0.274 e. The van der Waals surface area contributed by atoms with Gasteiger partial charge >= 0.3 is 0 Å². The van der Waals surface area contributed by atoms with Crippen molar-refractivity contribution in [2.45, 2.75) is 6.92 Å². The van der Waals surface area contributed by atoms with E-state index in [1.807, 2.05) is 0 Å². The lowest BCUT2D eigenvalue weighted by atomic mass is 10.2. The molecular formula is C11H8FN3O. The molecule has 5 heteroatoms. The lowest BCUT2D eigenvalue weighted by Gasteiger charge is -2.02. The minimum Gasteiger partial charge on any atom is -0.316 e. The molecular weight excluding hydrogens is 209 g/mol. The number of para-hydroxylation sites is 1. The number of fused-ring (bicyclic) bond motifs is 3. The highest BCUT2D eigenvalue weighted by Crippen LogP contribution is 2.15. The standard InChI is InChI=1S/C11H8FN3O/c1-6-5-13-15-8-4-2-3-7(12)9(8)14-11(16)10(6)15/h2-5H,1H3,(H,14,16). The van der Waals surface area contributed by atoms with E-state index in [4.69, 9.17) is 0 Å². The van der Waals surface area contributed by atoms with E-state index in [0.717, 1.165) is 5.56 Å². The van der Waals surface area contributed by atoms with Gasteiger partial charge in [-0.3, -0.25) is 4.79 Å². The second-order valence-corrected chi connectivity index (χ2v) is 3.68. The van der Waals surface area contributed by atoms with Crippen LogP contribution in [0.3, 0.4) is 0 Å². The van der Waals surface area contributed by atoms with E-state index in [9.17, 15) is 9.18 Å². The Hall–Kier alpha value is -2.17. The summed E-state index contributed by atoms with van der Waals surface area (Å²) < 4.78 is 15.0. The summed E-state index contributed by atoms with van der Waals surface area (Å²) in [5.74, 6) is -0.454. The quantitative estimate of drug-likeness (QED) is 0.622. The van der Waals surface area contributed by atoms with Gasteiger partial charge < -0.3 is 4.98 Å². The first kappa shape index (κ1) is 9.08. The summed E-state index contributed by atoms with van der Waals surface area (Å²) in [6.07, 6.45) is 1.59. The second kappa shape index (κ2) is 2.91. The van der Waals surface area contributed by atoms with E-state index in [-0.39, 0.29) is 11.1 Å². The Morgan fingerprint density at radius 3 is 3.06 bits per heavy atom. The number of aromatic amines is 1. The van der Waals surface area contributed by atoms with E-state index in [2.05, 4.69) is 10.1 Å². The fraction of sp³-hybridized carbons (Fsp3) is 0.0909. The molecule has 0 unspecified atom stereocenters. The van der Waals surface area contributed by atoms with Gasteiger partial charge in [0, 0.05) is 5.56 Å². The second-order valence-electron chi connectivity index (χ2n) is 3.68. The van der Waals surface area contributed by atoms with E-state index in [0.29, 0.717) is 11.0 Å². The van der Waals surface area contributed by atoms with Crippen molar-refractivity contribution in [3.8, 4) is 0 Å². The topological polar surface area (TPSA) is 50.2 Å². The first-order valence-corrected chi connectivity index (χ1v) is 4.83. The van der Waals surface area contributed by atoms with Gasteiger partial charge in [-0.15, -0.1) is 0 Å². The highest BCUT2D eigenvalue weighted by molar-refractivity contribution is 5.78. The molecule has 3 rings (SSSR count). The van der Waals surface area contributed by atoms with Crippen LogP contribution in [0.15, 0.2) is 29.2 Å². The Balaban J connectivity index is 2.71. The van der Waals surface area contributed by atoms with E-state index in [1.54, 1.807) is 25.3 Å². The maximum Gasteiger partial charge on any atom is 0.274 e. The molecule has 1 N–H and O–H groups in total. The molecule has 1 aromatic carbocycles. The number of hydrogen-bond acceptors (Lipinski definition) is 2. The maximum atomic E-state index is 13.5. The molecule has 0 fully saturated rings. The Morgan fingerprint density at radius 1 is 1.44 bits per heavy atom. The SMILES string of the molecule is Cc1cnn2c1c(=O)[nH]c1c(F)cccc12. The first-order chi connectivity index (χ1) is 7.68. The summed E-state index contributed by atoms with van der Waals surface area (Å²) in [6.45, 7) is 1.79. The van der Waals surface area contributed by atoms with Crippen molar-refractivity contribution in [3.63, 3.8) is 0 Å². The third-order valence-electron chi connectivity index (χ3n) is 2.63. The molecule has 2 heterocycles. The van der Waals surface area contributed by atoms with E-state index in [1.165, 1.54) is 10.6 Å². The predicted octanol–water partition coefficient (Wildman–Crippen LogP) is 1.62. The number of benzene rings is 1. The molecule has 16 heavy (non-hydrogen) atoms. The summed E-state index contributed by atoms with van der Waals surface area (Å²) in [6, 6.07) is 4.61. The van der Waals surface area contributed by atoms with Crippen LogP contribution in [-0.4, -0.2) is 14.6 Å². The molecule has 0 radical (unpaired) electrons. The van der Waals surface area contributed by atoms with Gasteiger partial charge in [0.1, 0.15) is 16.9 Å². The van der Waals surface area contributed by atoms with Gasteiger partial charge in [0.05, 0.1) is 11.7 Å². The number of aromatic nitrogens is 3. The van der Waals surface area contributed by atoms with Crippen molar-refractivity contribution in [1.82, 2.24) is 14.6 Å². The normalized spacial score (nSPS) is 11.4. The van der Waals surface area contributed by atoms with E-state index >= 15 is 0 Å². The minimum absolute atomic E-state index is 0.183. The van der Waals surface area contributed by atoms with Crippen LogP contribution in [-0.2, 0) is 0 Å². The van der Waals surface area contributed by atoms with Crippen LogP contribution in [0, 0.1) is 12.7 Å². The Kier molecular flexibility index (Phi) is 1.65. The zero-order valence-corrected chi connectivity index (χ0v) is 8.49. The molecule has 0 aliphatic carbocycles. The molecule has 2 aromatic heterocycles. The highest BCUT2D eigenvalue weighted by atomic mass is 19.1. The van der Waals surface area contributed by atoms with Crippen LogP contribution in [0.25, 0.3) is 16.6 Å². The summed E-state index contributed by atoms with van der Waals surface area (Å²) in [5.41, 5.74) is 1.64. The van der Waals surface area contributed by atoms with Gasteiger partial charge in [0.15, 0.2) is 0 Å². The van der Waals surface area contributed by atoms with Crippen molar-refractivity contribution >= 4 is 16.6 Å². The van der Waals surface area contributed by atoms with Crippen molar-refractivity contribution in [3.05, 3.63) is 46.1 Å². The van der Waals surface area contributed by atoms with Crippen molar-refractivity contribution in [2.24, 2.45) is 0 Å². The molecule has 3 aromatic rings. The molecule has 0 atom stereocenters. The Morgan fingerprint density at radius 2 is 2.25 bits per heavy atom. The average Bonchev–Trinajstić information content (AvgIpc) is 2.64. The zero-order valence-electron chi connectivity index (χ0n) is 8.49. The van der Waals surface area contributed by atoms with Crippen molar-refractivity contribution in [2.75, 3.05) is 0 Å². The fourth-order valence-corrected chi connectivity index (χ4v) is 1.87. The Labute approximate surface area is 89.3 Å². The summed E-state index contributed by atoms with van der Waals surface area (Å²) >= 11 is 0. The van der Waals surface area contributed by atoms with Crippen molar-refractivity contribution in [1.29, 1.82) is 0 Å². The molecule has 0 amide bonds. The van der Waals surface area contributed by atoms with Crippen LogP contribution in [0.2, 0.25) is 0 Å². The van der Waals surface area contributed by atoms with Crippen LogP contribution in [0.4, 0.5) is 4.39 Å². The highest BCUT2D eigenvalue weighted by Gasteiger charge is 2.10. The Bertz CT molecular complexity index is 757. The van der Waals surface area contributed by atoms with Gasteiger partial charge in [-0.05, 0) is 19.1 Å². The third kappa shape index (κ3) is 1.02. The molecule has 0 aliphatic rings. The van der Waals surface area contributed by atoms with Crippen LogP contribution in [0.5, 0.6) is 0 Å². The number of aryl methyl sites for hydroxylation is 1. The van der Waals surface area contributed by atoms with Crippen LogP contribution in [0.1, 0.15) is 5.56 Å². The summed E-state index contributed by atoms with van der Waals surface area (Å²) in [5, 5.41) is 4.08. The predicted molar refractivity (Wildman–Crippen MR) is 58.0 cm³/mol. The summed E-state index contributed by atoms with van der Waals surface area (Å²) in [7, 11) is 0. The van der Waals surface area contributed by atoms with Gasteiger partial charge in [-0.25, -0.2) is 8.91 Å². The molecule has 0 bridgehead atoms. The lowest BCUT2D eigenvalue weighted by molar-refractivity contribution is 0.635. The van der Waals surface area contributed by atoms with Gasteiger partial charge in [0.25, 0.3) is 5.56 Å². The lowest BCUT2D eigenvalue weighted by Crippen LogP contribution is -2.12. The van der Waals surface area contributed by atoms with E-state index < -0.39 is 5.82 Å². The summed E-state index contributed by atoms with van der Waals surface area (Å²) in [4.78, 5) is 14.3. The third-order valence-corrected chi connectivity index (χ3v) is 2.63. The maximum absolute atomic E-state index is 13.5. The van der Waals surface area contributed by atoms with Gasteiger partial charge in [-0.1, -0.05) is 6.07 Å². The monoisotopic (exact) mass is 217 g/mol. The fourth-order valence-electron chi connectivity index (χ4n) is 1.87. The number of halogens is 1. The minimum atomic E-state index is -0.454. The molecule has 80 valence electrons. The van der Waals surface area contributed by atoms with Gasteiger partial charge in [-0.2, -0.15) is 5.10 Å². The number of rotatable bonds is 0. The largest absolute Gasteiger partial charge is 0.316 e. The number of nitrogens with one attached hydrogen (secondary N) is 1.